The lowest BCUT2D eigenvalue weighted by atomic mass is 10.1. The number of carbonyl (C=O) groups excluding carboxylic acids is 1. The van der Waals surface area contributed by atoms with Crippen LogP contribution in [0.15, 0.2) is 65.2 Å². The van der Waals surface area contributed by atoms with Crippen molar-refractivity contribution in [1.29, 1.82) is 0 Å². The quantitative estimate of drug-likeness (QED) is 0.663. The third-order valence-corrected chi connectivity index (χ3v) is 4.31. The molecule has 2 aromatic carbocycles. The van der Waals surface area contributed by atoms with Crippen molar-refractivity contribution in [3.05, 3.63) is 77.3 Å². The van der Waals surface area contributed by atoms with Gasteiger partial charge in [0.25, 0.3) is 0 Å². The standard InChI is InChI=1S/C20H19ClN2O3/c21-16-9-5-4-8-15(16)18-12-22-20(26-18)11-10-19(25)23-17(13-24)14-6-2-1-3-7-14/h1-9,12,17,24H,10-11,13H2,(H,23,25)/t17-/m0/s1. The van der Waals surface area contributed by atoms with Gasteiger partial charge in [0, 0.05) is 18.4 Å². The van der Waals surface area contributed by atoms with Crippen LogP contribution in [0.1, 0.15) is 23.9 Å². The molecule has 1 aromatic heterocycles. The van der Waals surface area contributed by atoms with E-state index in [0.717, 1.165) is 11.1 Å². The number of oxazole rings is 1. The number of amides is 1. The lowest BCUT2D eigenvalue weighted by molar-refractivity contribution is -0.122. The van der Waals surface area contributed by atoms with Crippen LogP contribution in [0.2, 0.25) is 5.02 Å². The molecule has 0 unspecified atom stereocenters. The molecule has 2 N–H and O–H groups in total. The number of rotatable bonds is 7. The van der Waals surface area contributed by atoms with Crippen molar-refractivity contribution < 1.29 is 14.3 Å². The minimum Gasteiger partial charge on any atom is -0.441 e. The zero-order chi connectivity index (χ0) is 18.4. The van der Waals surface area contributed by atoms with Crippen LogP contribution in [0.25, 0.3) is 11.3 Å². The molecule has 134 valence electrons. The van der Waals surface area contributed by atoms with Crippen LogP contribution >= 0.6 is 11.6 Å². The highest BCUT2D eigenvalue weighted by Gasteiger charge is 2.15. The second kappa shape index (κ2) is 8.65. The van der Waals surface area contributed by atoms with E-state index < -0.39 is 6.04 Å². The number of aryl methyl sites for hydroxylation is 1. The largest absolute Gasteiger partial charge is 0.441 e. The first-order valence-electron chi connectivity index (χ1n) is 8.32. The zero-order valence-electron chi connectivity index (χ0n) is 14.1. The van der Waals surface area contributed by atoms with Crippen LogP contribution in [0.5, 0.6) is 0 Å². The van der Waals surface area contributed by atoms with Crippen molar-refractivity contribution in [3.63, 3.8) is 0 Å². The van der Waals surface area contributed by atoms with Crippen LogP contribution in [0, 0.1) is 0 Å². The van der Waals surface area contributed by atoms with Crippen LogP contribution in [0.3, 0.4) is 0 Å². The Balaban J connectivity index is 1.57. The van der Waals surface area contributed by atoms with E-state index in [-0.39, 0.29) is 18.9 Å². The van der Waals surface area contributed by atoms with Gasteiger partial charge in [-0.25, -0.2) is 4.98 Å². The minimum absolute atomic E-state index is 0.161. The Morgan fingerprint density at radius 1 is 1.15 bits per heavy atom. The van der Waals surface area contributed by atoms with Crippen molar-refractivity contribution in [2.75, 3.05) is 6.61 Å². The lowest BCUT2D eigenvalue weighted by Crippen LogP contribution is -2.30. The van der Waals surface area contributed by atoms with E-state index in [0.29, 0.717) is 23.1 Å². The molecule has 0 aliphatic carbocycles. The highest BCUT2D eigenvalue weighted by Crippen LogP contribution is 2.28. The number of aliphatic hydroxyl groups is 1. The molecule has 0 saturated carbocycles. The van der Waals surface area contributed by atoms with E-state index in [1.54, 1.807) is 12.3 Å². The number of nitrogens with zero attached hydrogens (tertiary/aromatic N) is 1. The van der Waals surface area contributed by atoms with E-state index in [9.17, 15) is 9.90 Å². The number of aromatic nitrogens is 1. The van der Waals surface area contributed by atoms with Crippen molar-refractivity contribution in [2.45, 2.75) is 18.9 Å². The lowest BCUT2D eigenvalue weighted by Gasteiger charge is -2.16. The smallest absolute Gasteiger partial charge is 0.221 e. The predicted molar refractivity (Wildman–Crippen MR) is 99.7 cm³/mol. The first-order chi connectivity index (χ1) is 12.7. The molecule has 5 nitrogen and oxygen atoms in total. The second-order valence-electron chi connectivity index (χ2n) is 5.81. The molecule has 0 aliphatic heterocycles. The van der Waals surface area contributed by atoms with Crippen LogP contribution in [-0.2, 0) is 11.2 Å². The number of carbonyl (C=O) groups is 1. The van der Waals surface area contributed by atoms with Gasteiger partial charge in [0.15, 0.2) is 11.7 Å². The Bertz CT molecular complexity index is 864. The molecular formula is C20H19ClN2O3. The summed E-state index contributed by atoms with van der Waals surface area (Å²) >= 11 is 6.15. The van der Waals surface area contributed by atoms with Crippen molar-refractivity contribution >= 4 is 17.5 Å². The van der Waals surface area contributed by atoms with Gasteiger partial charge in [-0.15, -0.1) is 0 Å². The molecule has 0 radical (unpaired) electrons. The number of benzene rings is 2. The van der Waals surface area contributed by atoms with Crippen molar-refractivity contribution in [1.82, 2.24) is 10.3 Å². The Kier molecular flexibility index (Phi) is 6.04. The number of hydrogen-bond donors (Lipinski definition) is 2. The Hall–Kier alpha value is -2.63. The number of halogens is 1. The van der Waals surface area contributed by atoms with Crippen LogP contribution in [-0.4, -0.2) is 22.6 Å². The van der Waals surface area contributed by atoms with Gasteiger partial charge < -0.3 is 14.8 Å². The average molecular weight is 371 g/mol. The molecule has 26 heavy (non-hydrogen) atoms. The normalized spacial score (nSPS) is 11.9. The molecule has 0 bridgehead atoms. The first kappa shape index (κ1) is 18.2. The summed E-state index contributed by atoms with van der Waals surface area (Å²) in [6, 6.07) is 16.3. The summed E-state index contributed by atoms with van der Waals surface area (Å²) in [6.07, 6.45) is 2.18. The molecule has 6 heteroatoms. The number of aliphatic hydroxyl groups excluding tert-OH is 1. The van der Waals surface area contributed by atoms with Gasteiger partial charge in [0.2, 0.25) is 5.91 Å². The van der Waals surface area contributed by atoms with E-state index in [2.05, 4.69) is 10.3 Å². The Morgan fingerprint density at radius 3 is 2.62 bits per heavy atom. The van der Waals surface area contributed by atoms with Gasteiger partial charge in [0.1, 0.15) is 0 Å². The SMILES string of the molecule is O=C(CCc1ncc(-c2ccccc2Cl)o1)N[C@@H](CO)c1ccccc1. The Labute approximate surface area is 156 Å². The maximum atomic E-state index is 12.2. The summed E-state index contributed by atoms with van der Waals surface area (Å²) in [7, 11) is 0. The molecule has 0 aliphatic rings. The summed E-state index contributed by atoms with van der Waals surface area (Å²) in [4.78, 5) is 16.4. The molecule has 1 atom stereocenters. The maximum absolute atomic E-state index is 12.2. The van der Waals surface area contributed by atoms with Crippen LogP contribution in [0.4, 0.5) is 0 Å². The van der Waals surface area contributed by atoms with Gasteiger partial charge in [-0.2, -0.15) is 0 Å². The monoisotopic (exact) mass is 370 g/mol. The molecule has 0 saturated heterocycles. The van der Waals surface area contributed by atoms with Gasteiger partial charge in [0.05, 0.1) is 23.9 Å². The maximum Gasteiger partial charge on any atom is 0.221 e. The molecule has 1 amide bonds. The van der Waals surface area contributed by atoms with E-state index >= 15 is 0 Å². The van der Waals surface area contributed by atoms with Gasteiger partial charge >= 0.3 is 0 Å². The Morgan fingerprint density at radius 2 is 1.88 bits per heavy atom. The minimum atomic E-state index is -0.424. The van der Waals surface area contributed by atoms with E-state index in [4.69, 9.17) is 16.0 Å². The summed E-state index contributed by atoms with van der Waals surface area (Å²) < 4.78 is 5.69. The second-order valence-corrected chi connectivity index (χ2v) is 6.22. The van der Waals surface area contributed by atoms with Gasteiger partial charge in [-0.05, 0) is 17.7 Å². The number of hydrogen-bond acceptors (Lipinski definition) is 4. The highest BCUT2D eigenvalue weighted by atomic mass is 35.5. The predicted octanol–water partition coefficient (Wildman–Crippen LogP) is 3.78. The van der Waals surface area contributed by atoms with Gasteiger partial charge in [-0.3, -0.25) is 4.79 Å². The summed E-state index contributed by atoms with van der Waals surface area (Å²) in [5, 5.41) is 12.9. The molecular weight excluding hydrogens is 352 g/mol. The van der Waals surface area contributed by atoms with Crippen molar-refractivity contribution in [3.8, 4) is 11.3 Å². The van der Waals surface area contributed by atoms with E-state index in [1.807, 2.05) is 48.5 Å². The fourth-order valence-corrected chi connectivity index (χ4v) is 2.85. The molecule has 1 heterocycles. The first-order valence-corrected chi connectivity index (χ1v) is 8.70. The van der Waals surface area contributed by atoms with Crippen LogP contribution < -0.4 is 5.32 Å². The summed E-state index contributed by atoms with van der Waals surface area (Å²) in [5.41, 5.74) is 1.63. The fourth-order valence-electron chi connectivity index (χ4n) is 2.62. The zero-order valence-corrected chi connectivity index (χ0v) is 14.8. The molecule has 3 rings (SSSR count). The van der Waals surface area contributed by atoms with Gasteiger partial charge in [-0.1, -0.05) is 54.1 Å². The molecule has 3 aromatic rings. The third-order valence-electron chi connectivity index (χ3n) is 3.98. The average Bonchev–Trinajstić information content (AvgIpc) is 3.14. The molecule has 0 fully saturated rings. The number of nitrogens with one attached hydrogen (secondary N) is 1. The topological polar surface area (TPSA) is 75.4 Å². The summed E-state index contributed by atoms with van der Waals surface area (Å²) in [5.74, 6) is 0.865. The third kappa shape index (κ3) is 4.50. The fraction of sp³-hybridized carbons (Fsp3) is 0.200. The highest BCUT2D eigenvalue weighted by molar-refractivity contribution is 6.33. The summed E-state index contributed by atoms with van der Waals surface area (Å²) in [6.45, 7) is -0.161. The van der Waals surface area contributed by atoms with E-state index in [1.165, 1.54) is 0 Å². The van der Waals surface area contributed by atoms with Crippen molar-refractivity contribution in [2.24, 2.45) is 0 Å². The molecule has 0 spiro atoms.